The van der Waals surface area contributed by atoms with Gasteiger partial charge in [-0.25, -0.2) is 9.78 Å². The average Bonchev–Trinajstić information content (AvgIpc) is 2.92. The number of Topliss-reactive ketones (excluding diaryl/α,β-unsaturated/α-hetero) is 1. The van der Waals surface area contributed by atoms with Crippen molar-refractivity contribution in [3.63, 3.8) is 0 Å². The van der Waals surface area contributed by atoms with E-state index in [1.54, 1.807) is 0 Å². The number of carbonyl (C=O) groups is 2. The molecule has 1 aliphatic carbocycles. The summed E-state index contributed by atoms with van der Waals surface area (Å²) in [5.74, 6) is 1.85. The maximum Gasteiger partial charge on any atom is 0.358 e. The summed E-state index contributed by atoms with van der Waals surface area (Å²) in [6.45, 7) is 3.59. The van der Waals surface area contributed by atoms with E-state index in [-0.39, 0.29) is 11.5 Å². The molecule has 2 atom stereocenters. The average molecular weight is 305 g/mol. The molecule has 1 fully saturated rings. The summed E-state index contributed by atoms with van der Waals surface area (Å²) in [6, 6.07) is 3.78. The number of carbonyl (C=O) groups excluding carboxylic acids is 2. The Morgan fingerprint density at radius 3 is 2.71 bits per heavy atom. The van der Waals surface area contributed by atoms with Gasteiger partial charge >= 0.3 is 5.97 Å². The van der Waals surface area contributed by atoms with Gasteiger partial charge in [0.2, 0.25) is 0 Å². The van der Waals surface area contributed by atoms with E-state index in [0.717, 1.165) is 23.5 Å². The van der Waals surface area contributed by atoms with Crippen LogP contribution in [-0.4, -0.2) is 23.8 Å². The van der Waals surface area contributed by atoms with Crippen LogP contribution in [0.15, 0.2) is 16.5 Å². The third-order valence-electron chi connectivity index (χ3n) is 3.64. The molecule has 6 heteroatoms. The molecule has 0 radical (unpaired) electrons. The molecule has 2 heterocycles. The standard InChI is InChI=1S/C15H15NO4S/c1-7-6-9(7)10-4-5-11(20-10)14-16-12(15(18)19-3)13(21-14)8(2)17/h4-5,7,9H,6H2,1-3H3. The molecule has 0 amide bonds. The van der Waals surface area contributed by atoms with Crippen molar-refractivity contribution in [3.8, 4) is 10.8 Å². The minimum atomic E-state index is -0.606. The van der Waals surface area contributed by atoms with Gasteiger partial charge in [-0.15, -0.1) is 11.3 Å². The van der Waals surface area contributed by atoms with Gasteiger partial charge < -0.3 is 9.15 Å². The first kappa shape index (κ1) is 14.0. The van der Waals surface area contributed by atoms with Crippen LogP contribution in [0.25, 0.3) is 10.8 Å². The fourth-order valence-electron chi connectivity index (χ4n) is 2.28. The maximum absolute atomic E-state index is 11.7. The highest BCUT2D eigenvalue weighted by Crippen LogP contribution is 2.48. The summed E-state index contributed by atoms with van der Waals surface area (Å²) >= 11 is 1.16. The van der Waals surface area contributed by atoms with Gasteiger partial charge in [0.15, 0.2) is 22.2 Å². The van der Waals surface area contributed by atoms with Crippen LogP contribution in [-0.2, 0) is 4.74 Å². The molecular formula is C15H15NO4S. The first-order valence-electron chi connectivity index (χ1n) is 6.71. The van der Waals surface area contributed by atoms with Crippen LogP contribution in [0, 0.1) is 5.92 Å². The summed E-state index contributed by atoms with van der Waals surface area (Å²) in [6.07, 6.45) is 1.14. The number of thiazole rings is 1. The molecule has 2 aromatic heterocycles. The van der Waals surface area contributed by atoms with E-state index >= 15 is 0 Å². The molecule has 0 aliphatic heterocycles. The Kier molecular flexibility index (Phi) is 3.41. The molecule has 3 rings (SSSR count). The molecule has 0 bridgehead atoms. The summed E-state index contributed by atoms with van der Waals surface area (Å²) in [4.78, 5) is 27.8. The number of ketones is 1. The highest BCUT2D eigenvalue weighted by Gasteiger charge is 2.37. The summed E-state index contributed by atoms with van der Waals surface area (Å²) in [5, 5.41) is 0.528. The van der Waals surface area contributed by atoms with E-state index in [4.69, 9.17) is 4.42 Å². The predicted molar refractivity (Wildman–Crippen MR) is 77.7 cm³/mol. The lowest BCUT2D eigenvalue weighted by atomic mass is 10.3. The molecule has 110 valence electrons. The zero-order valence-electron chi connectivity index (χ0n) is 12.0. The van der Waals surface area contributed by atoms with Crippen LogP contribution in [0.2, 0.25) is 0 Å². The van der Waals surface area contributed by atoms with Gasteiger partial charge in [0, 0.05) is 12.8 Å². The van der Waals surface area contributed by atoms with Gasteiger partial charge in [-0.05, 0) is 24.5 Å². The van der Waals surface area contributed by atoms with Crippen molar-refractivity contribution in [2.24, 2.45) is 5.92 Å². The van der Waals surface area contributed by atoms with E-state index in [9.17, 15) is 9.59 Å². The number of methoxy groups -OCH3 is 1. The lowest BCUT2D eigenvalue weighted by Gasteiger charge is -1.95. The molecule has 1 aliphatic rings. The second kappa shape index (κ2) is 5.11. The fourth-order valence-corrected chi connectivity index (χ4v) is 3.19. The predicted octanol–water partition coefficient (Wildman–Crippen LogP) is 3.52. The Morgan fingerprint density at radius 1 is 1.43 bits per heavy atom. The molecule has 0 N–H and O–H groups in total. The van der Waals surface area contributed by atoms with Crippen molar-refractivity contribution in [3.05, 3.63) is 28.5 Å². The molecule has 0 saturated heterocycles. The fraction of sp³-hybridized carbons (Fsp3) is 0.400. The highest BCUT2D eigenvalue weighted by atomic mass is 32.1. The number of ether oxygens (including phenoxy) is 1. The lowest BCUT2D eigenvalue weighted by molar-refractivity contribution is 0.0591. The molecule has 5 nitrogen and oxygen atoms in total. The number of nitrogens with zero attached hydrogens (tertiary/aromatic N) is 1. The van der Waals surface area contributed by atoms with Crippen LogP contribution in [0.4, 0.5) is 0 Å². The Labute approximate surface area is 125 Å². The zero-order valence-corrected chi connectivity index (χ0v) is 12.8. The first-order valence-corrected chi connectivity index (χ1v) is 7.53. The lowest BCUT2D eigenvalue weighted by Crippen LogP contribution is -2.06. The van der Waals surface area contributed by atoms with Crippen LogP contribution in [0.5, 0.6) is 0 Å². The number of aromatic nitrogens is 1. The minimum absolute atomic E-state index is 0.0581. The monoisotopic (exact) mass is 305 g/mol. The molecule has 1 saturated carbocycles. The van der Waals surface area contributed by atoms with Gasteiger partial charge in [0.1, 0.15) is 10.6 Å². The molecule has 21 heavy (non-hydrogen) atoms. The molecule has 2 aromatic rings. The second-order valence-corrected chi connectivity index (χ2v) is 6.27. The third kappa shape index (κ3) is 2.51. The molecule has 2 unspecified atom stereocenters. The maximum atomic E-state index is 11.7. The summed E-state index contributed by atoms with van der Waals surface area (Å²) in [5.41, 5.74) is 0.0581. The van der Waals surface area contributed by atoms with Gasteiger partial charge in [0.25, 0.3) is 0 Å². The van der Waals surface area contributed by atoms with Crippen LogP contribution in [0.3, 0.4) is 0 Å². The van der Waals surface area contributed by atoms with E-state index < -0.39 is 5.97 Å². The van der Waals surface area contributed by atoms with Gasteiger partial charge in [-0.3, -0.25) is 4.79 Å². The highest BCUT2D eigenvalue weighted by molar-refractivity contribution is 7.17. The minimum Gasteiger partial charge on any atom is -0.464 e. The largest absolute Gasteiger partial charge is 0.464 e. The van der Waals surface area contributed by atoms with Crippen molar-refractivity contribution < 1.29 is 18.7 Å². The Balaban J connectivity index is 1.97. The Morgan fingerprint density at radius 2 is 2.14 bits per heavy atom. The third-order valence-corrected chi connectivity index (χ3v) is 4.81. The number of rotatable bonds is 4. The zero-order chi connectivity index (χ0) is 15.1. The van der Waals surface area contributed by atoms with Crippen molar-refractivity contribution in [1.82, 2.24) is 4.98 Å². The topological polar surface area (TPSA) is 69.4 Å². The van der Waals surface area contributed by atoms with E-state index in [2.05, 4.69) is 16.6 Å². The SMILES string of the molecule is COC(=O)c1nc(-c2ccc(C3CC3C)o2)sc1C(C)=O. The molecular weight excluding hydrogens is 290 g/mol. The number of hydrogen-bond donors (Lipinski definition) is 0. The number of furan rings is 1. The van der Waals surface area contributed by atoms with Crippen LogP contribution in [0.1, 0.15) is 52.1 Å². The first-order chi connectivity index (χ1) is 10.0. The normalized spacial score (nSPS) is 20.3. The van der Waals surface area contributed by atoms with E-state index in [1.165, 1.54) is 14.0 Å². The van der Waals surface area contributed by atoms with Crippen molar-refractivity contribution >= 4 is 23.1 Å². The van der Waals surface area contributed by atoms with Crippen molar-refractivity contribution in [2.75, 3.05) is 7.11 Å². The van der Waals surface area contributed by atoms with Crippen LogP contribution >= 0.6 is 11.3 Å². The van der Waals surface area contributed by atoms with Crippen molar-refractivity contribution in [1.29, 1.82) is 0 Å². The quantitative estimate of drug-likeness (QED) is 0.638. The Hall–Kier alpha value is -1.95. The van der Waals surface area contributed by atoms with E-state index in [0.29, 0.717) is 27.5 Å². The van der Waals surface area contributed by atoms with Gasteiger partial charge in [0.05, 0.1) is 7.11 Å². The number of hydrogen-bond acceptors (Lipinski definition) is 6. The van der Waals surface area contributed by atoms with Gasteiger partial charge in [-0.1, -0.05) is 6.92 Å². The second-order valence-electron chi connectivity index (χ2n) is 5.27. The Bertz CT molecular complexity index is 715. The molecule has 0 spiro atoms. The smallest absolute Gasteiger partial charge is 0.358 e. The van der Waals surface area contributed by atoms with Crippen molar-refractivity contribution in [2.45, 2.75) is 26.2 Å². The van der Waals surface area contributed by atoms with E-state index in [1.807, 2.05) is 12.1 Å². The summed E-state index contributed by atoms with van der Waals surface area (Å²) < 4.78 is 10.5. The van der Waals surface area contributed by atoms with Crippen LogP contribution < -0.4 is 0 Å². The molecule has 0 aromatic carbocycles. The number of esters is 1. The van der Waals surface area contributed by atoms with Gasteiger partial charge in [-0.2, -0.15) is 0 Å². The summed E-state index contributed by atoms with van der Waals surface area (Å²) in [7, 11) is 1.27.